The number of nitrogens with one attached hydrogen (secondary N) is 2. The molecule has 0 bridgehead atoms. The van der Waals surface area contributed by atoms with Crippen LogP contribution in [0.15, 0.2) is 47.5 Å². The normalized spacial score (nSPS) is 11.8. The first-order chi connectivity index (χ1) is 13.4. The van der Waals surface area contributed by atoms with E-state index in [0.29, 0.717) is 5.82 Å². The Morgan fingerprint density at radius 2 is 1.72 bits per heavy atom. The molecule has 9 heteroatoms. The third-order valence-electron chi connectivity index (χ3n) is 3.76. The number of hydrogen-bond donors (Lipinski definition) is 2. The number of anilines is 1. The van der Waals surface area contributed by atoms with E-state index in [1.165, 1.54) is 36.2 Å². The van der Waals surface area contributed by atoms with Crippen molar-refractivity contribution >= 4 is 27.7 Å². The van der Waals surface area contributed by atoms with Gasteiger partial charge in [-0.2, -0.15) is 0 Å². The number of likely N-dealkylation sites (N-methyl/N-ethyl adjacent to an activating group) is 1. The minimum atomic E-state index is -3.68. The molecule has 2 N–H and O–H groups in total. The van der Waals surface area contributed by atoms with Gasteiger partial charge in [-0.3, -0.25) is 9.59 Å². The van der Waals surface area contributed by atoms with Crippen LogP contribution in [0.2, 0.25) is 0 Å². The lowest BCUT2D eigenvalue weighted by Gasteiger charge is -2.20. The minimum Gasteiger partial charge on any atom is -0.332 e. The number of hydrogen-bond acceptors (Lipinski definition) is 5. The summed E-state index contributed by atoms with van der Waals surface area (Å²) < 4.78 is 27.2. The van der Waals surface area contributed by atoms with E-state index < -0.39 is 21.5 Å². The Morgan fingerprint density at radius 3 is 2.28 bits per heavy atom. The topological polar surface area (TPSA) is 108 Å². The van der Waals surface area contributed by atoms with Crippen LogP contribution in [0.5, 0.6) is 0 Å². The number of rotatable bonds is 6. The summed E-state index contributed by atoms with van der Waals surface area (Å²) in [5.74, 6) is -0.366. The second-order valence-corrected chi connectivity index (χ2v) is 9.49. The van der Waals surface area contributed by atoms with Crippen molar-refractivity contribution in [3.05, 3.63) is 53.7 Å². The van der Waals surface area contributed by atoms with Crippen LogP contribution >= 0.6 is 0 Å². The number of aryl methyl sites for hydroxylation is 1. The molecular formula is C20H26N4O4S. The average molecular weight is 419 g/mol. The van der Waals surface area contributed by atoms with Crippen LogP contribution in [-0.2, 0) is 14.8 Å². The van der Waals surface area contributed by atoms with Crippen LogP contribution in [0.3, 0.4) is 0 Å². The molecule has 2 aromatic rings. The van der Waals surface area contributed by atoms with E-state index in [1.807, 2.05) is 13.0 Å². The van der Waals surface area contributed by atoms with Gasteiger partial charge < -0.3 is 10.2 Å². The van der Waals surface area contributed by atoms with Gasteiger partial charge in [-0.1, -0.05) is 0 Å². The SMILES string of the molecule is Cc1ccnc(NC(=O)CN(C)C(=O)c2ccc(S(=O)(=O)NC(C)(C)C)cc2)c1. The predicted molar refractivity (Wildman–Crippen MR) is 111 cm³/mol. The molecule has 29 heavy (non-hydrogen) atoms. The summed E-state index contributed by atoms with van der Waals surface area (Å²) in [5.41, 5.74) is 0.618. The molecule has 1 aromatic heterocycles. The van der Waals surface area contributed by atoms with E-state index in [4.69, 9.17) is 0 Å². The van der Waals surface area contributed by atoms with Gasteiger partial charge in [-0.25, -0.2) is 18.1 Å². The van der Waals surface area contributed by atoms with Crippen LogP contribution in [0.1, 0.15) is 36.7 Å². The largest absolute Gasteiger partial charge is 0.332 e. The lowest BCUT2D eigenvalue weighted by atomic mass is 10.1. The maximum atomic E-state index is 12.5. The van der Waals surface area contributed by atoms with E-state index >= 15 is 0 Å². The molecule has 1 aromatic carbocycles. The zero-order chi connectivity index (χ0) is 21.8. The van der Waals surface area contributed by atoms with Gasteiger partial charge in [0.05, 0.1) is 11.4 Å². The molecule has 0 atom stereocenters. The molecule has 0 spiro atoms. The Kier molecular flexibility index (Phi) is 6.76. The summed E-state index contributed by atoms with van der Waals surface area (Å²) in [5, 5.41) is 2.64. The first-order valence-electron chi connectivity index (χ1n) is 8.99. The highest BCUT2D eigenvalue weighted by molar-refractivity contribution is 7.89. The third-order valence-corrected chi connectivity index (χ3v) is 5.54. The summed E-state index contributed by atoms with van der Waals surface area (Å²) in [6.07, 6.45) is 1.59. The summed E-state index contributed by atoms with van der Waals surface area (Å²) in [7, 11) is -2.19. The molecule has 0 aliphatic heterocycles. The number of pyridine rings is 1. The molecule has 0 unspecified atom stereocenters. The van der Waals surface area contributed by atoms with Crippen LogP contribution < -0.4 is 10.0 Å². The Bertz CT molecular complexity index is 996. The Hall–Kier alpha value is -2.78. The van der Waals surface area contributed by atoms with Crippen molar-refractivity contribution in [2.45, 2.75) is 38.1 Å². The van der Waals surface area contributed by atoms with Crippen LogP contribution in [0, 0.1) is 6.92 Å². The van der Waals surface area contributed by atoms with Crippen molar-refractivity contribution < 1.29 is 18.0 Å². The first kappa shape index (κ1) is 22.5. The fourth-order valence-electron chi connectivity index (χ4n) is 2.53. The van der Waals surface area contributed by atoms with Crippen molar-refractivity contribution in [3.8, 4) is 0 Å². The van der Waals surface area contributed by atoms with Crippen LogP contribution in [-0.4, -0.2) is 49.2 Å². The first-order valence-corrected chi connectivity index (χ1v) is 10.5. The van der Waals surface area contributed by atoms with Crippen LogP contribution in [0.25, 0.3) is 0 Å². The summed E-state index contributed by atoms with van der Waals surface area (Å²) in [4.78, 5) is 30.1. The number of amides is 2. The van der Waals surface area contributed by atoms with Gasteiger partial charge in [0.1, 0.15) is 5.82 Å². The maximum Gasteiger partial charge on any atom is 0.254 e. The lowest BCUT2D eigenvalue weighted by molar-refractivity contribution is -0.116. The molecule has 0 aliphatic carbocycles. The van der Waals surface area contributed by atoms with E-state index in [2.05, 4.69) is 15.0 Å². The van der Waals surface area contributed by atoms with E-state index in [-0.39, 0.29) is 22.9 Å². The van der Waals surface area contributed by atoms with Crippen molar-refractivity contribution in [2.24, 2.45) is 0 Å². The fourth-order valence-corrected chi connectivity index (χ4v) is 3.95. The highest BCUT2D eigenvalue weighted by Crippen LogP contribution is 2.15. The quantitative estimate of drug-likeness (QED) is 0.747. The van der Waals surface area contributed by atoms with Crippen molar-refractivity contribution in [3.63, 3.8) is 0 Å². The Morgan fingerprint density at radius 1 is 1.10 bits per heavy atom. The van der Waals surface area contributed by atoms with Crippen molar-refractivity contribution in [1.29, 1.82) is 0 Å². The molecule has 1 heterocycles. The standard InChI is InChI=1S/C20H26N4O4S/c1-14-10-11-21-17(12-14)22-18(25)13-24(5)19(26)15-6-8-16(9-7-15)29(27,28)23-20(2,3)4/h6-12,23H,13H2,1-5H3,(H,21,22,25). The van der Waals surface area contributed by atoms with Gasteiger partial charge in [0.2, 0.25) is 15.9 Å². The third kappa shape index (κ3) is 6.65. The van der Waals surface area contributed by atoms with Gasteiger partial charge in [-0.15, -0.1) is 0 Å². The monoisotopic (exact) mass is 418 g/mol. The van der Waals surface area contributed by atoms with Gasteiger partial charge in [0.15, 0.2) is 0 Å². The lowest BCUT2D eigenvalue weighted by Crippen LogP contribution is -2.40. The summed E-state index contributed by atoms with van der Waals surface area (Å²) >= 11 is 0. The van der Waals surface area contributed by atoms with Crippen molar-refractivity contribution in [1.82, 2.24) is 14.6 Å². The molecular weight excluding hydrogens is 392 g/mol. The molecule has 2 rings (SSSR count). The number of carbonyl (C=O) groups excluding carboxylic acids is 2. The molecule has 8 nitrogen and oxygen atoms in total. The average Bonchev–Trinajstić information content (AvgIpc) is 2.59. The highest BCUT2D eigenvalue weighted by Gasteiger charge is 2.22. The second kappa shape index (κ2) is 8.71. The zero-order valence-electron chi connectivity index (χ0n) is 17.2. The number of sulfonamides is 1. The second-order valence-electron chi connectivity index (χ2n) is 7.81. The Balaban J connectivity index is 2.03. The zero-order valence-corrected chi connectivity index (χ0v) is 18.0. The highest BCUT2D eigenvalue weighted by atomic mass is 32.2. The fraction of sp³-hybridized carbons (Fsp3) is 0.350. The molecule has 0 radical (unpaired) electrons. The Labute approximate surface area is 171 Å². The minimum absolute atomic E-state index is 0.0647. The maximum absolute atomic E-state index is 12.5. The molecule has 0 saturated carbocycles. The molecule has 2 amide bonds. The van der Waals surface area contributed by atoms with E-state index in [1.54, 1.807) is 33.0 Å². The molecule has 0 aliphatic rings. The van der Waals surface area contributed by atoms with Crippen molar-refractivity contribution in [2.75, 3.05) is 18.9 Å². The van der Waals surface area contributed by atoms with Gasteiger partial charge in [0.25, 0.3) is 5.91 Å². The predicted octanol–water partition coefficient (Wildman–Crippen LogP) is 2.18. The number of aromatic nitrogens is 1. The van der Waals surface area contributed by atoms with E-state index in [9.17, 15) is 18.0 Å². The molecule has 0 fully saturated rings. The van der Waals surface area contributed by atoms with Gasteiger partial charge >= 0.3 is 0 Å². The van der Waals surface area contributed by atoms with E-state index in [0.717, 1.165) is 5.56 Å². The molecule has 156 valence electrons. The van der Waals surface area contributed by atoms with Crippen LogP contribution in [0.4, 0.5) is 5.82 Å². The number of benzene rings is 1. The number of carbonyl (C=O) groups is 2. The summed E-state index contributed by atoms with van der Waals surface area (Å²) in [6.45, 7) is 6.95. The van der Waals surface area contributed by atoms with Gasteiger partial charge in [-0.05, 0) is 69.7 Å². The van der Waals surface area contributed by atoms with Gasteiger partial charge in [0, 0.05) is 24.3 Å². The smallest absolute Gasteiger partial charge is 0.254 e. The molecule has 0 saturated heterocycles. The number of nitrogens with zero attached hydrogens (tertiary/aromatic N) is 2. The summed E-state index contributed by atoms with van der Waals surface area (Å²) in [6, 6.07) is 9.13.